The lowest BCUT2D eigenvalue weighted by atomic mass is 10.1. The molecule has 0 heterocycles. The Hall–Kier alpha value is -1.84. The van der Waals surface area contributed by atoms with Crippen LogP contribution in [0.3, 0.4) is 0 Å². The standard InChI is InChI=1S/C11H13NO3/c1-8(13)12-10(11(14)15-2)9-6-4-3-5-7-9/h3-7,10H,1-2H3,(H,12,13)/t10-/m0/s1. The molecule has 1 amide bonds. The topological polar surface area (TPSA) is 55.4 Å². The molecule has 0 saturated heterocycles. The largest absolute Gasteiger partial charge is 0.467 e. The Balaban J connectivity index is 2.91. The van der Waals surface area contributed by atoms with Crippen LogP contribution in [-0.4, -0.2) is 19.0 Å². The lowest BCUT2D eigenvalue weighted by Gasteiger charge is -2.15. The minimum Gasteiger partial charge on any atom is -0.467 e. The monoisotopic (exact) mass is 207 g/mol. The summed E-state index contributed by atoms with van der Waals surface area (Å²) in [5.41, 5.74) is 0.708. The summed E-state index contributed by atoms with van der Waals surface area (Å²) in [5.74, 6) is -0.745. The second kappa shape index (κ2) is 5.14. The van der Waals surface area contributed by atoms with Crippen LogP contribution in [0.2, 0.25) is 0 Å². The Kier molecular flexibility index (Phi) is 3.85. The van der Waals surface area contributed by atoms with E-state index in [0.717, 1.165) is 0 Å². The van der Waals surface area contributed by atoms with Crippen LogP contribution in [0.15, 0.2) is 30.3 Å². The number of carbonyl (C=O) groups is 2. The van der Waals surface area contributed by atoms with Gasteiger partial charge < -0.3 is 10.1 Å². The molecule has 1 rings (SSSR count). The highest BCUT2D eigenvalue weighted by atomic mass is 16.5. The van der Waals surface area contributed by atoms with Crippen molar-refractivity contribution in [1.29, 1.82) is 0 Å². The Bertz CT molecular complexity index is 348. The summed E-state index contributed by atoms with van der Waals surface area (Å²) in [5, 5.41) is 2.53. The zero-order valence-electron chi connectivity index (χ0n) is 8.69. The molecule has 1 atom stereocenters. The number of hydrogen-bond donors (Lipinski definition) is 1. The van der Waals surface area contributed by atoms with E-state index < -0.39 is 12.0 Å². The maximum Gasteiger partial charge on any atom is 0.333 e. The zero-order valence-corrected chi connectivity index (χ0v) is 8.69. The van der Waals surface area contributed by atoms with Crippen molar-refractivity contribution < 1.29 is 14.3 Å². The van der Waals surface area contributed by atoms with E-state index in [0.29, 0.717) is 5.56 Å². The third-order valence-electron chi connectivity index (χ3n) is 1.92. The van der Waals surface area contributed by atoms with Gasteiger partial charge in [-0.1, -0.05) is 30.3 Å². The van der Waals surface area contributed by atoms with Crippen molar-refractivity contribution in [2.45, 2.75) is 13.0 Å². The Morgan fingerprint density at radius 1 is 1.27 bits per heavy atom. The van der Waals surface area contributed by atoms with Crippen LogP contribution in [0, 0.1) is 0 Å². The molecule has 0 bridgehead atoms. The molecule has 0 aromatic heterocycles. The van der Waals surface area contributed by atoms with E-state index >= 15 is 0 Å². The molecule has 4 nitrogen and oxygen atoms in total. The maximum absolute atomic E-state index is 11.4. The van der Waals surface area contributed by atoms with Crippen molar-refractivity contribution in [1.82, 2.24) is 5.32 Å². The van der Waals surface area contributed by atoms with Crippen molar-refractivity contribution in [3.05, 3.63) is 35.9 Å². The fourth-order valence-electron chi connectivity index (χ4n) is 1.24. The average Bonchev–Trinajstić information content (AvgIpc) is 2.26. The second-order valence-electron chi connectivity index (χ2n) is 3.07. The molecule has 0 radical (unpaired) electrons. The summed E-state index contributed by atoms with van der Waals surface area (Å²) in [7, 11) is 1.29. The molecule has 0 fully saturated rings. The SMILES string of the molecule is COC(=O)[C@@H](NC(C)=O)c1ccccc1. The summed E-state index contributed by atoms with van der Waals surface area (Å²) in [4.78, 5) is 22.3. The van der Waals surface area contributed by atoms with Crippen LogP contribution in [0.4, 0.5) is 0 Å². The lowest BCUT2D eigenvalue weighted by Crippen LogP contribution is -2.32. The molecular weight excluding hydrogens is 194 g/mol. The molecule has 15 heavy (non-hydrogen) atoms. The number of methoxy groups -OCH3 is 1. The first-order valence-electron chi connectivity index (χ1n) is 4.55. The van der Waals surface area contributed by atoms with Crippen LogP contribution in [0.25, 0.3) is 0 Å². The van der Waals surface area contributed by atoms with Gasteiger partial charge in [-0.15, -0.1) is 0 Å². The third kappa shape index (κ3) is 3.09. The van der Waals surface area contributed by atoms with Gasteiger partial charge in [0.2, 0.25) is 5.91 Å². The molecule has 0 aliphatic rings. The van der Waals surface area contributed by atoms with Crippen molar-refractivity contribution in [2.75, 3.05) is 7.11 Å². The lowest BCUT2D eigenvalue weighted by molar-refractivity contribution is -0.145. The fraction of sp³-hybridized carbons (Fsp3) is 0.273. The van der Waals surface area contributed by atoms with E-state index in [-0.39, 0.29) is 5.91 Å². The smallest absolute Gasteiger partial charge is 0.333 e. The van der Waals surface area contributed by atoms with Gasteiger partial charge in [0.25, 0.3) is 0 Å². The Morgan fingerprint density at radius 3 is 2.33 bits per heavy atom. The summed E-state index contributed by atoms with van der Waals surface area (Å²) in [6.45, 7) is 1.36. The van der Waals surface area contributed by atoms with E-state index in [1.807, 2.05) is 6.07 Å². The predicted octanol–water partition coefficient (Wildman–Crippen LogP) is 1.04. The van der Waals surface area contributed by atoms with E-state index in [1.54, 1.807) is 24.3 Å². The van der Waals surface area contributed by atoms with Crippen molar-refractivity contribution in [3.8, 4) is 0 Å². The van der Waals surface area contributed by atoms with Gasteiger partial charge in [-0.3, -0.25) is 4.79 Å². The Morgan fingerprint density at radius 2 is 1.87 bits per heavy atom. The number of nitrogens with one attached hydrogen (secondary N) is 1. The number of esters is 1. The molecule has 0 saturated carbocycles. The van der Waals surface area contributed by atoms with Crippen molar-refractivity contribution in [2.24, 2.45) is 0 Å². The summed E-state index contributed by atoms with van der Waals surface area (Å²) in [6, 6.07) is 8.23. The van der Waals surface area contributed by atoms with Crippen LogP contribution < -0.4 is 5.32 Å². The highest BCUT2D eigenvalue weighted by Gasteiger charge is 2.21. The first-order chi connectivity index (χ1) is 7.15. The van der Waals surface area contributed by atoms with Crippen molar-refractivity contribution in [3.63, 3.8) is 0 Å². The molecule has 0 aliphatic carbocycles. The van der Waals surface area contributed by atoms with Gasteiger partial charge in [0.15, 0.2) is 6.04 Å². The Labute approximate surface area is 88.2 Å². The number of carbonyl (C=O) groups excluding carboxylic acids is 2. The van der Waals surface area contributed by atoms with Gasteiger partial charge in [0.1, 0.15) is 0 Å². The van der Waals surface area contributed by atoms with Gasteiger partial charge in [-0.25, -0.2) is 4.79 Å². The number of amides is 1. The number of rotatable bonds is 3. The minimum atomic E-state index is -0.728. The van der Waals surface area contributed by atoms with Gasteiger partial charge in [-0.05, 0) is 5.56 Å². The van der Waals surface area contributed by atoms with Crippen molar-refractivity contribution >= 4 is 11.9 Å². The first kappa shape index (κ1) is 11.2. The molecule has 4 heteroatoms. The van der Waals surface area contributed by atoms with Gasteiger partial charge >= 0.3 is 5.97 Å². The molecule has 1 aromatic carbocycles. The summed E-state index contributed by atoms with van der Waals surface area (Å²) < 4.78 is 4.61. The first-order valence-corrected chi connectivity index (χ1v) is 4.55. The molecular formula is C11H13NO3. The molecule has 0 spiro atoms. The maximum atomic E-state index is 11.4. The average molecular weight is 207 g/mol. The van der Waals surface area contributed by atoms with Crippen LogP contribution >= 0.6 is 0 Å². The molecule has 1 aromatic rings. The van der Waals surface area contributed by atoms with Crippen LogP contribution in [0.1, 0.15) is 18.5 Å². The van der Waals surface area contributed by atoms with Gasteiger partial charge in [0, 0.05) is 6.92 Å². The summed E-state index contributed by atoms with van der Waals surface area (Å²) in [6.07, 6.45) is 0. The molecule has 1 N–H and O–H groups in total. The second-order valence-corrected chi connectivity index (χ2v) is 3.07. The summed E-state index contributed by atoms with van der Waals surface area (Å²) >= 11 is 0. The van der Waals surface area contributed by atoms with E-state index in [2.05, 4.69) is 10.1 Å². The normalized spacial score (nSPS) is 11.6. The number of benzene rings is 1. The fourth-order valence-corrected chi connectivity index (χ4v) is 1.24. The van der Waals surface area contributed by atoms with Crippen LogP contribution in [0.5, 0.6) is 0 Å². The number of ether oxygens (including phenoxy) is 1. The van der Waals surface area contributed by atoms with E-state index in [9.17, 15) is 9.59 Å². The predicted molar refractivity (Wildman–Crippen MR) is 55.0 cm³/mol. The van der Waals surface area contributed by atoms with Gasteiger partial charge in [-0.2, -0.15) is 0 Å². The van der Waals surface area contributed by atoms with Gasteiger partial charge in [0.05, 0.1) is 7.11 Å². The molecule has 80 valence electrons. The highest BCUT2D eigenvalue weighted by Crippen LogP contribution is 2.13. The molecule has 0 unspecified atom stereocenters. The third-order valence-corrected chi connectivity index (χ3v) is 1.92. The zero-order chi connectivity index (χ0) is 11.3. The highest BCUT2D eigenvalue weighted by molar-refractivity contribution is 5.84. The van der Waals surface area contributed by atoms with Crippen LogP contribution in [-0.2, 0) is 14.3 Å². The van der Waals surface area contributed by atoms with E-state index in [4.69, 9.17) is 0 Å². The number of hydrogen-bond acceptors (Lipinski definition) is 3. The molecule has 0 aliphatic heterocycles. The minimum absolute atomic E-state index is 0.269. The quantitative estimate of drug-likeness (QED) is 0.753. The van der Waals surface area contributed by atoms with E-state index in [1.165, 1.54) is 14.0 Å².